The van der Waals surface area contributed by atoms with Gasteiger partial charge in [-0.2, -0.15) is 4.31 Å². The first-order valence-corrected chi connectivity index (χ1v) is 9.76. The largest absolute Gasteiger partial charge is 0.497 e. The van der Waals surface area contributed by atoms with Gasteiger partial charge in [-0.05, 0) is 35.4 Å². The maximum atomic E-state index is 12.7. The van der Waals surface area contributed by atoms with Gasteiger partial charge in [-0.25, -0.2) is 8.42 Å². The molecule has 0 heterocycles. The van der Waals surface area contributed by atoms with E-state index in [0.717, 1.165) is 11.1 Å². The van der Waals surface area contributed by atoms with Gasteiger partial charge in [0.2, 0.25) is 10.0 Å². The van der Waals surface area contributed by atoms with Crippen LogP contribution in [0.5, 0.6) is 11.5 Å². The Morgan fingerprint density at radius 2 is 1.27 bits per heavy atom. The lowest BCUT2D eigenvalue weighted by Crippen LogP contribution is -2.32. The van der Waals surface area contributed by atoms with Crippen LogP contribution in [0.2, 0.25) is 0 Å². The van der Waals surface area contributed by atoms with Crippen molar-refractivity contribution in [3.05, 3.63) is 59.7 Å². The van der Waals surface area contributed by atoms with Crippen molar-refractivity contribution in [1.29, 1.82) is 0 Å². The maximum absolute atomic E-state index is 12.7. The van der Waals surface area contributed by atoms with E-state index in [1.165, 1.54) is 4.31 Å². The van der Waals surface area contributed by atoms with E-state index >= 15 is 0 Å². The Kier molecular flexibility index (Phi) is 7.17. The Morgan fingerprint density at radius 1 is 0.846 bits per heavy atom. The van der Waals surface area contributed by atoms with Crippen molar-refractivity contribution in [3.8, 4) is 11.5 Å². The van der Waals surface area contributed by atoms with Crippen LogP contribution in [-0.4, -0.2) is 39.0 Å². The quantitative estimate of drug-likeness (QED) is 0.595. The van der Waals surface area contributed by atoms with Crippen LogP contribution in [0, 0.1) is 0 Å². The van der Waals surface area contributed by atoms with Crippen LogP contribution in [-0.2, 0) is 27.9 Å². The zero-order chi connectivity index (χ0) is 19.0. The number of ether oxygens (including phenoxy) is 2. The van der Waals surface area contributed by atoms with Gasteiger partial charge in [0.15, 0.2) is 0 Å². The molecular formula is C19H23NO5S. The molecule has 6 nitrogen and oxygen atoms in total. The van der Waals surface area contributed by atoms with Crippen molar-refractivity contribution in [2.75, 3.05) is 20.0 Å². The summed E-state index contributed by atoms with van der Waals surface area (Å²) >= 11 is 0. The molecule has 0 N–H and O–H groups in total. The average Bonchev–Trinajstić information content (AvgIpc) is 2.67. The van der Waals surface area contributed by atoms with Crippen molar-refractivity contribution in [2.45, 2.75) is 19.5 Å². The van der Waals surface area contributed by atoms with E-state index in [-0.39, 0.29) is 25.3 Å². The highest BCUT2D eigenvalue weighted by Crippen LogP contribution is 2.19. The van der Waals surface area contributed by atoms with E-state index in [4.69, 9.17) is 9.47 Å². The zero-order valence-corrected chi connectivity index (χ0v) is 15.7. The van der Waals surface area contributed by atoms with Gasteiger partial charge >= 0.3 is 0 Å². The number of aldehydes is 1. The predicted molar refractivity (Wildman–Crippen MR) is 99.7 cm³/mol. The number of methoxy groups -OCH3 is 2. The Labute approximate surface area is 154 Å². The van der Waals surface area contributed by atoms with Gasteiger partial charge in [0.1, 0.15) is 17.8 Å². The number of benzene rings is 2. The first-order chi connectivity index (χ1) is 12.5. The predicted octanol–water partition coefficient (Wildman–Crippen LogP) is 2.62. The molecule has 0 atom stereocenters. The van der Waals surface area contributed by atoms with E-state index in [0.29, 0.717) is 17.8 Å². The van der Waals surface area contributed by atoms with Gasteiger partial charge in [-0.15, -0.1) is 0 Å². The molecule has 0 aliphatic heterocycles. The molecule has 2 rings (SSSR count). The highest BCUT2D eigenvalue weighted by Gasteiger charge is 2.22. The molecule has 2 aromatic carbocycles. The third-order valence-corrected chi connectivity index (χ3v) is 5.72. The summed E-state index contributed by atoms with van der Waals surface area (Å²) in [5.41, 5.74) is 1.68. The summed E-state index contributed by atoms with van der Waals surface area (Å²) < 4.78 is 37.0. The van der Waals surface area contributed by atoms with E-state index in [9.17, 15) is 13.2 Å². The van der Waals surface area contributed by atoms with Crippen molar-refractivity contribution in [1.82, 2.24) is 4.31 Å². The molecule has 0 saturated carbocycles. The normalized spacial score (nSPS) is 11.3. The molecule has 0 unspecified atom stereocenters. The van der Waals surface area contributed by atoms with Crippen molar-refractivity contribution in [2.24, 2.45) is 0 Å². The van der Waals surface area contributed by atoms with E-state index < -0.39 is 10.0 Å². The summed E-state index contributed by atoms with van der Waals surface area (Å²) in [5.74, 6) is 1.21. The zero-order valence-electron chi connectivity index (χ0n) is 14.9. The van der Waals surface area contributed by atoms with E-state index in [1.54, 1.807) is 38.5 Å². The Hall–Kier alpha value is -2.38. The van der Waals surface area contributed by atoms with Crippen LogP contribution in [0.25, 0.3) is 0 Å². The number of nitrogens with zero attached hydrogens (tertiary/aromatic N) is 1. The fourth-order valence-electron chi connectivity index (χ4n) is 2.45. The second-order valence-electron chi connectivity index (χ2n) is 5.74. The fourth-order valence-corrected chi connectivity index (χ4v) is 3.79. The van der Waals surface area contributed by atoms with Gasteiger partial charge < -0.3 is 14.3 Å². The van der Waals surface area contributed by atoms with E-state index in [1.807, 2.05) is 24.3 Å². The van der Waals surface area contributed by atoms with Gasteiger partial charge in [-0.1, -0.05) is 24.3 Å². The highest BCUT2D eigenvalue weighted by molar-refractivity contribution is 7.89. The molecule has 0 spiro atoms. The SMILES string of the molecule is COc1ccc(CN(Cc2ccc(OC)cc2)S(=O)(=O)CCC=O)cc1. The smallest absolute Gasteiger partial charge is 0.215 e. The number of carbonyl (C=O) groups is 1. The molecule has 0 aliphatic rings. The standard InChI is InChI=1S/C19H23NO5S/c1-24-18-8-4-16(5-9-18)14-20(26(22,23)13-3-12-21)15-17-6-10-19(25-2)11-7-17/h4-12H,3,13-15H2,1-2H3. The molecule has 0 bridgehead atoms. The molecule has 0 aromatic heterocycles. The first kappa shape index (κ1) is 19.9. The molecule has 0 radical (unpaired) electrons. The lowest BCUT2D eigenvalue weighted by Gasteiger charge is -2.22. The van der Waals surface area contributed by atoms with Crippen LogP contribution in [0.4, 0.5) is 0 Å². The monoisotopic (exact) mass is 377 g/mol. The van der Waals surface area contributed by atoms with Gasteiger partial charge in [0.25, 0.3) is 0 Å². The van der Waals surface area contributed by atoms with Gasteiger partial charge in [0, 0.05) is 19.5 Å². The minimum absolute atomic E-state index is 0.0238. The summed E-state index contributed by atoms with van der Waals surface area (Å²) in [4.78, 5) is 10.6. The molecule has 0 aliphatic carbocycles. The Bertz CT molecular complexity index is 751. The lowest BCUT2D eigenvalue weighted by molar-refractivity contribution is -0.107. The number of hydrogen-bond acceptors (Lipinski definition) is 5. The molecule has 0 saturated heterocycles. The van der Waals surface area contributed by atoms with Gasteiger partial charge in [-0.3, -0.25) is 0 Å². The summed E-state index contributed by atoms with van der Waals surface area (Å²) in [6.07, 6.45) is 0.598. The van der Waals surface area contributed by atoms with Crippen LogP contribution >= 0.6 is 0 Å². The topological polar surface area (TPSA) is 72.9 Å². The second-order valence-corrected chi connectivity index (χ2v) is 7.82. The molecule has 26 heavy (non-hydrogen) atoms. The van der Waals surface area contributed by atoms with Crippen LogP contribution in [0.15, 0.2) is 48.5 Å². The third-order valence-electron chi connectivity index (χ3n) is 3.92. The Balaban J connectivity index is 2.23. The third kappa shape index (κ3) is 5.57. The second kappa shape index (κ2) is 9.35. The number of rotatable bonds is 10. The molecule has 7 heteroatoms. The maximum Gasteiger partial charge on any atom is 0.215 e. The van der Waals surface area contributed by atoms with E-state index in [2.05, 4.69) is 0 Å². The fraction of sp³-hybridized carbons (Fsp3) is 0.316. The van der Waals surface area contributed by atoms with Gasteiger partial charge in [0.05, 0.1) is 20.0 Å². The lowest BCUT2D eigenvalue weighted by atomic mass is 10.2. The highest BCUT2D eigenvalue weighted by atomic mass is 32.2. The molecule has 2 aromatic rings. The van der Waals surface area contributed by atoms with Crippen LogP contribution < -0.4 is 9.47 Å². The van der Waals surface area contributed by atoms with Crippen LogP contribution in [0.3, 0.4) is 0 Å². The summed E-state index contributed by atoms with van der Waals surface area (Å²) in [5, 5.41) is 0. The number of carbonyl (C=O) groups excluding carboxylic acids is 1. The van der Waals surface area contributed by atoms with Crippen molar-refractivity contribution in [3.63, 3.8) is 0 Å². The number of hydrogen-bond donors (Lipinski definition) is 0. The first-order valence-electron chi connectivity index (χ1n) is 8.16. The Morgan fingerprint density at radius 3 is 1.62 bits per heavy atom. The molecule has 140 valence electrons. The minimum Gasteiger partial charge on any atom is -0.497 e. The van der Waals surface area contributed by atoms with Crippen molar-refractivity contribution >= 4 is 16.3 Å². The molecule has 0 fully saturated rings. The average molecular weight is 377 g/mol. The minimum atomic E-state index is -3.57. The molecule has 0 amide bonds. The van der Waals surface area contributed by atoms with Crippen LogP contribution in [0.1, 0.15) is 17.5 Å². The number of sulfonamides is 1. The summed E-state index contributed by atoms with van der Waals surface area (Å²) in [7, 11) is -0.416. The summed E-state index contributed by atoms with van der Waals surface area (Å²) in [6.45, 7) is 0.439. The summed E-state index contributed by atoms with van der Waals surface area (Å²) in [6, 6.07) is 14.5. The molecular weight excluding hydrogens is 354 g/mol. The van der Waals surface area contributed by atoms with Crippen molar-refractivity contribution < 1.29 is 22.7 Å².